The van der Waals surface area contributed by atoms with Gasteiger partial charge in [0.15, 0.2) is 11.5 Å². The first-order chi connectivity index (χ1) is 9.74. The second-order valence-electron chi connectivity index (χ2n) is 5.77. The fourth-order valence-corrected chi connectivity index (χ4v) is 3.54. The van der Waals surface area contributed by atoms with E-state index in [1.165, 1.54) is 30.6 Å². The average molecular weight is 276 g/mol. The van der Waals surface area contributed by atoms with Gasteiger partial charge in [0.25, 0.3) is 0 Å². The number of rotatable bonds is 4. The van der Waals surface area contributed by atoms with E-state index in [9.17, 15) is 0 Å². The van der Waals surface area contributed by atoms with E-state index >= 15 is 0 Å². The van der Waals surface area contributed by atoms with Gasteiger partial charge in [0, 0.05) is 30.4 Å². The molecule has 0 amide bonds. The number of methoxy groups -OCH3 is 2. The highest BCUT2D eigenvalue weighted by Crippen LogP contribution is 2.41. The van der Waals surface area contributed by atoms with Crippen molar-refractivity contribution in [1.82, 2.24) is 4.90 Å². The molecule has 0 bridgehead atoms. The number of hydrogen-bond donors (Lipinski definition) is 0. The SMILES string of the molecule is COc1ccc2c(c1OC)CCN2C[C@H]1CCCN1C. The quantitative estimate of drug-likeness (QED) is 0.841. The van der Waals surface area contributed by atoms with E-state index in [4.69, 9.17) is 9.47 Å². The first kappa shape index (κ1) is 13.6. The Morgan fingerprint density at radius 1 is 1.20 bits per heavy atom. The summed E-state index contributed by atoms with van der Waals surface area (Å²) in [5.41, 5.74) is 2.62. The topological polar surface area (TPSA) is 24.9 Å². The molecule has 4 nitrogen and oxygen atoms in total. The minimum atomic E-state index is 0.689. The van der Waals surface area contributed by atoms with Crippen LogP contribution < -0.4 is 14.4 Å². The summed E-state index contributed by atoms with van der Waals surface area (Å²) in [5.74, 6) is 1.75. The third-order valence-electron chi connectivity index (χ3n) is 4.70. The number of hydrogen-bond acceptors (Lipinski definition) is 4. The van der Waals surface area contributed by atoms with Crippen molar-refractivity contribution in [3.8, 4) is 11.5 Å². The second kappa shape index (κ2) is 5.52. The molecule has 1 aromatic carbocycles. The number of ether oxygens (including phenoxy) is 2. The zero-order valence-electron chi connectivity index (χ0n) is 12.7. The maximum atomic E-state index is 5.56. The van der Waals surface area contributed by atoms with Crippen LogP contribution in [-0.4, -0.2) is 51.8 Å². The Hall–Kier alpha value is -1.42. The lowest BCUT2D eigenvalue weighted by Crippen LogP contribution is -2.37. The van der Waals surface area contributed by atoms with Crippen molar-refractivity contribution in [2.24, 2.45) is 0 Å². The van der Waals surface area contributed by atoms with Gasteiger partial charge in [-0.25, -0.2) is 0 Å². The number of anilines is 1. The summed E-state index contributed by atoms with van der Waals surface area (Å²) in [5, 5.41) is 0. The van der Waals surface area contributed by atoms with Crippen LogP contribution >= 0.6 is 0 Å². The molecule has 0 unspecified atom stereocenters. The molecule has 1 atom stereocenters. The molecule has 1 aromatic rings. The lowest BCUT2D eigenvalue weighted by Gasteiger charge is -2.27. The Morgan fingerprint density at radius 2 is 2.05 bits per heavy atom. The zero-order valence-corrected chi connectivity index (χ0v) is 12.7. The van der Waals surface area contributed by atoms with Crippen molar-refractivity contribution in [3.63, 3.8) is 0 Å². The van der Waals surface area contributed by atoms with E-state index in [-0.39, 0.29) is 0 Å². The lowest BCUT2D eigenvalue weighted by atomic mass is 10.1. The van der Waals surface area contributed by atoms with Crippen molar-refractivity contribution in [3.05, 3.63) is 17.7 Å². The Kier molecular flexibility index (Phi) is 3.74. The Balaban J connectivity index is 1.83. The lowest BCUT2D eigenvalue weighted by molar-refractivity contribution is 0.312. The molecule has 1 fully saturated rings. The maximum Gasteiger partial charge on any atom is 0.166 e. The highest BCUT2D eigenvalue weighted by molar-refractivity contribution is 5.67. The molecule has 4 heteroatoms. The van der Waals surface area contributed by atoms with Crippen molar-refractivity contribution in [2.75, 3.05) is 45.8 Å². The van der Waals surface area contributed by atoms with Crippen molar-refractivity contribution in [1.29, 1.82) is 0 Å². The third kappa shape index (κ3) is 2.22. The first-order valence-electron chi connectivity index (χ1n) is 7.43. The maximum absolute atomic E-state index is 5.56. The first-order valence-corrected chi connectivity index (χ1v) is 7.43. The van der Waals surface area contributed by atoms with Gasteiger partial charge < -0.3 is 19.3 Å². The van der Waals surface area contributed by atoms with E-state index in [1.807, 2.05) is 6.07 Å². The molecule has 20 heavy (non-hydrogen) atoms. The summed E-state index contributed by atoms with van der Waals surface area (Å²) in [6, 6.07) is 4.89. The minimum Gasteiger partial charge on any atom is -0.493 e. The van der Waals surface area contributed by atoms with Gasteiger partial charge in [-0.1, -0.05) is 0 Å². The van der Waals surface area contributed by atoms with E-state index in [2.05, 4.69) is 22.9 Å². The van der Waals surface area contributed by atoms with E-state index in [0.29, 0.717) is 6.04 Å². The number of nitrogens with zero attached hydrogens (tertiary/aromatic N) is 2. The van der Waals surface area contributed by atoms with Gasteiger partial charge in [0.1, 0.15) is 0 Å². The Labute approximate surface area is 121 Å². The minimum absolute atomic E-state index is 0.689. The fraction of sp³-hybridized carbons (Fsp3) is 0.625. The monoisotopic (exact) mass is 276 g/mol. The van der Waals surface area contributed by atoms with E-state index in [0.717, 1.165) is 31.0 Å². The molecule has 2 heterocycles. The summed E-state index contributed by atoms with van der Waals surface area (Å²) in [6.07, 6.45) is 3.69. The van der Waals surface area contributed by atoms with Crippen molar-refractivity contribution >= 4 is 5.69 Å². The summed E-state index contributed by atoms with van der Waals surface area (Å²) < 4.78 is 11.0. The molecule has 3 rings (SSSR count). The third-order valence-corrected chi connectivity index (χ3v) is 4.70. The molecule has 1 saturated heterocycles. The van der Waals surface area contributed by atoms with Crippen LogP contribution in [0.4, 0.5) is 5.69 Å². The van der Waals surface area contributed by atoms with Gasteiger partial charge in [-0.2, -0.15) is 0 Å². The average Bonchev–Trinajstić information content (AvgIpc) is 3.05. The molecule has 0 radical (unpaired) electrons. The number of benzene rings is 1. The molecule has 0 saturated carbocycles. The number of likely N-dealkylation sites (tertiary alicyclic amines) is 1. The molecule has 2 aliphatic heterocycles. The molecule has 0 spiro atoms. The Morgan fingerprint density at radius 3 is 2.70 bits per heavy atom. The van der Waals surface area contributed by atoms with Crippen LogP contribution in [0.5, 0.6) is 11.5 Å². The van der Waals surface area contributed by atoms with Crippen LogP contribution in [0.25, 0.3) is 0 Å². The van der Waals surface area contributed by atoms with Crippen LogP contribution in [0.2, 0.25) is 0 Å². The molecule has 110 valence electrons. The van der Waals surface area contributed by atoms with Gasteiger partial charge in [-0.15, -0.1) is 0 Å². The molecule has 0 N–H and O–H groups in total. The summed E-state index contributed by atoms with van der Waals surface area (Å²) in [7, 11) is 5.67. The van der Waals surface area contributed by atoms with Crippen molar-refractivity contribution in [2.45, 2.75) is 25.3 Å². The largest absolute Gasteiger partial charge is 0.493 e. The van der Waals surface area contributed by atoms with Gasteiger partial charge in [0.2, 0.25) is 0 Å². The molecule has 2 aliphatic rings. The molecular weight excluding hydrogens is 252 g/mol. The molecule has 0 aromatic heterocycles. The number of likely N-dealkylation sites (N-methyl/N-ethyl adjacent to an activating group) is 1. The van der Waals surface area contributed by atoms with Gasteiger partial charge in [0.05, 0.1) is 14.2 Å². The van der Waals surface area contributed by atoms with E-state index in [1.54, 1.807) is 14.2 Å². The van der Waals surface area contributed by atoms with Crippen LogP contribution in [0.3, 0.4) is 0 Å². The Bertz CT molecular complexity index is 490. The highest BCUT2D eigenvalue weighted by atomic mass is 16.5. The predicted octanol–water partition coefficient (Wildman–Crippen LogP) is 2.16. The fourth-order valence-electron chi connectivity index (χ4n) is 3.54. The normalized spacial score (nSPS) is 22.1. The number of fused-ring (bicyclic) bond motifs is 1. The van der Waals surface area contributed by atoms with Crippen LogP contribution in [0.15, 0.2) is 12.1 Å². The molecule has 0 aliphatic carbocycles. The standard InChI is InChI=1S/C16H24N2O2/c1-17-9-4-5-12(17)11-18-10-8-13-14(18)6-7-15(19-2)16(13)20-3/h6-7,12H,4-5,8-11H2,1-3H3/t12-/m1/s1. The summed E-state index contributed by atoms with van der Waals surface area (Å²) in [4.78, 5) is 4.99. The predicted molar refractivity (Wildman–Crippen MR) is 81.1 cm³/mol. The van der Waals surface area contributed by atoms with Crippen LogP contribution in [0, 0.1) is 0 Å². The van der Waals surface area contributed by atoms with E-state index < -0.39 is 0 Å². The van der Waals surface area contributed by atoms with Crippen LogP contribution in [0.1, 0.15) is 18.4 Å². The van der Waals surface area contributed by atoms with Gasteiger partial charge in [-0.3, -0.25) is 0 Å². The van der Waals surface area contributed by atoms with Crippen molar-refractivity contribution < 1.29 is 9.47 Å². The zero-order chi connectivity index (χ0) is 14.1. The summed E-state index contributed by atoms with van der Waals surface area (Å²) in [6.45, 7) is 3.44. The van der Waals surface area contributed by atoms with Crippen LogP contribution in [-0.2, 0) is 6.42 Å². The smallest absolute Gasteiger partial charge is 0.166 e. The second-order valence-corrected chi connectivity index (χ2v) is 5.77. The van der Waals surface area contributed by atoms with Gasteiger partial charge in [-0.05, 0) is 45.0 Å². The molecular formula is C16H24N2O2. The summed E-state index contributed by atoms with van der Waals surface area (Å²) >= 11 is 0. The van der Waals surface area contributed by atoms with Gasteiger partial charge >= 0.3 is 0 Å². The highest BCUT2D eigenvalue weighted by Gasteiger charge is 2.29.